The van der Waals surface area contributed by atoms with Crippen LogP contribution in [-0.2, 0) is 4.74 Å². The van der Waals surface area contributed by atoms with Crippen molar-refractivity contribution in [1.29, 1.82) is 0 Å². The minimum Gasteiger partial charge on any atom is -0.374 e. The Labute approximate surface area is 350 Å². The molecule has 0 aromatic rings. The number of rotatable bonds is 5. The van der Waals surface area contributed by atoms with E-state index in [1.165, 1.54) is 148 Å². The molecule has 18 unspecified atom stereocenters. The van der Waals surface area contributed by atoms with Gasteiger partial charge in [0.1, 0.15) is 0 Å². The first-order valence-corrected chi connectivity index (χ1v) is 27.2. The van der Waals surface area contributed by atoms with Gasteiger partial charge in [-0.3, -0.25) is 15.1 Å². The maximum Gasteiger partial charge on any atom is 0.0612 e. The molecule has 12 fully saturated rings. The van der Waals surface area contributed by atoms with Crippen molar-refractivity contribution in [3.8, 4) is 0 Å². The molecular weight excluding hydrogens is 695 g/mol. The molecule has 4 heterocycles. The monoisotopic (exact) mass is 782 g/mol. The lowest BCUT2D eigenvalue weighted by Gasteiger charge is -2.51. The normalized spacial score (nSPS) is 52.6. The van der Waals surface area contributed by atoms with Crippen LogP contribution in [0.1, 0.15) is 212 Å². The highest BCUT2D eigenvalue weighted by Crippen LogP contribution is 2.59. The van der Waals surface area contributed by atoms with Crippen molar-refractivity contribution >= 4 is 0 Å². The van der Waals surface area contributed by atoms with Gasteiger partial charge in [-0.05, 0) is 187 Å². The third-order valence-corrected chi connectivity index (χ3v) is 21.9. The zero-order chi connectivity index (χ0) is 37.5. The second-order valence-corrected chi connectivity index (χ2v) is 24.1. The average molecular weight is 782 g/mol. The van der Waals surface area contributed by atoms with E-state index in [0.717, 1.165) is 101 Å². The molecule has 12 rings (SSSR count). The molecule has 57 heavy (non-hydrogen) atoms. The number of nitrogens with one attached hydrogen (secondary N) is 1. The molecule has 18 atom stereocenters. The van der Waals surface area contributed by atoms with Crippen LogP contribution in [0.5, 0.6) is 0 Å². The molecule has 4 aliphatic heterocycles. The van der Waals surface area contributed by atoms with Crippen molar-refractivity contribution in [3.05, 3.63) is 0 Å². The van der Waals surface area contributed by atoms with Gasteiger partial charge >= 0.3 is 0 Å². The van der Waals surface area contributed by atoms with Crippen molar-refractivity contribution < 1.29 is 4.74 Å². The summed E-state index contributed by atoms with van der Waals surface area (Å²) in [7, 11) is 0. The molecule has 0 bridgehead atoms. The molecule has 0 aromatic carbocycles. The number of hydrogen-bond donors (Lipinski definition) is 1. The van der Waals surface area contributed by atoms with E-state index in [1.54, 1.807) is 64.2 Å². The second kappa shape index (κ2) is 16.5. The molecular formula is C53H87N3O. The molecule has 4 heteroatoms. The predicted molar refractivity (Wildman–Crippen MR) is 233 cm³/mol. The van der Waals surface area contributed by atoms with Crippen LogP contribution in [0.2, 0.25) is 0 Å². The van der Waals surface area contributed by atoms with Crippen LogP contribution in [0.3, 0.4) is 0 Å². The minimum atomic E-state index is 0.613. The van der Waals surface area contributed by atoms with Crippen LogP contribution in [0, 0.1) is 65.1 Å². The summed E-state index contributed by atoms with van der Waals surface area (Å²) in [5.74, 6) is 10.9. The van der Waals surface area contributed by atoms with Crippen molar-refractivity contribution in [2.45, 2.75) is 267 Å². The van der Waals surface area contributed by atoms with Gasteiger partial charge < -0.3 is 4.74 Å². The first-order chi connectivity index (χ1) is 28.2. The Balaban J connectivity index is 0.750. The lowest BCUT2D eigenvalue weighted by Crippen LogP contribution is -2.61. The van der Waals surface area contributed by atoms with Gasteiger partial charge in [-0.1, -0.05) is 89.9 Å². The van der Waals surface area contributed by atoms with E-state index in [-0.39, 0.29) is 0 Å². The van der Waals surface area contributed by atoms with Gasteiger partial charge in [0.2, 0.25) is 0 Å². The fourth-order valence-electron chi connectivity index (χ4n) is 19.7. The summed E-state index contributed by atoms with van der Waals surface area (Å²) in [6.07, 6.45) is 51.9. The Morgan fingerprint density at radius 2 is 0.860 bits per heavy atom. The smallest absolute Gasteiger partial charge is 0.0612 e. The maximum absolute atomic E-state index is 6.81. The van der Waals surface area contributed by atoms with Gasteiger partial charge in [-0.2, -0.15) is 0 Å². The van der Waals surface area contributed by atoms with E-state index in [9.17, 15) is 0 Å². The number of likely N-dealkylation sites (tertiary alicyclic amines) is 2. The highest BCUT2D eigenvalue weighted by atomic mass is 16.5. The van der Waals surface area contributed by atoms with Gasteiger partial charge in [0.05, 0.1) is 18.4 Å². The van der Waals surface area contributed by atoms with E-state index in [2.05, 4.69) is 15.1 Å². The summed E-state index contributed by atoms with van der Waals surface area (Å²) in [5, 5.41) is 4.60. The third kappa shape index (κ3) is 7.02. The van der Waals surface area contributed by atoms with Gasteiger partial charge in [-0.15, -0.1) is 0 Å². The second-order valence-electron chi connectivity index (χ2n) is 24.1. The fourth-order valence-corrected chi connectivity index (χ4v) is 19.7. The SMILES string of the molecule is C1CCC(C2CC(C3CCCCC3)NC(N3C4CCCCC4C4CC(C5CCC6C(C5)C5CCCCC5N6C5CCC6OC7CCCCC7C6C5)CCC43)C2)CC1. The molecule has 0 spiro atoms. The summed E-state index contributed by atoms with van der Waals surface area (Å²) < 4.78 is 6.81. The topological polar surface area (TPSA) is 27.7 Å². The standard InChI is InChI=1S/C53H87N3O/c1-3-13-34(14-4-1)38-31-46(35-15-5-2-6-16-35)54-53(32-38)56-48-21-11-8-18-41(48)44-30-37(24-27-50(44)56)36-23-26-49-43(29-36)40-17-7-10-20-47(40)55(49)39-25-28-52-45(33-39)42-19-9-12-22-51(42)57-52/h34-54H,1-33H2. The lowest BCUT2D eigenvalue weighted by molar-refractivity contribution is -0.0200. The zero-order valence-corrected chi connectivity index (χ0v) is 36.7. The summed E-state index contributed by atoms with van der Waals surface area (Å²) in [6.45, 7) is 0. The number of ether oxygens (including phenoxy) is 1. The molecule has 4 saturated heterocycles. The Morgan fingerprint density at radius 3 is 1.56 bits per heavy atom. The van der Waals surface area contributed by atoms with Gasteiger partial charge in [-0.25, -0.2) is 0 Å². The maximum atomic E-state index is 6.81. The number of hydrogen-bond acceptors (Lipinski definition) is 4. The molecule has 0 amide bonds. The summed E-state index contributed by atoms with van der Waals surface area (Å²) >= 11 is 0. The van der Waals surface area contributed by atoms with E-state index in [0.29, 0.717) is 18.4 Å². The van der Waals surface area contributed by atoms with E-state index >= 15 is 0 Å². The summed E-state index contributed by atoms with van der Waals surface area (Å²) in [6, 6.07) is 5.33. The largest absolute Gasteiger partial charge is 0.374 e. The van der Waals surface area contributed by atoms with Crippen molar-refractivity contribution in [1.82, 2.24) is 15.1 Å². The summed E-state index contributed by atoms with van der Waals surface area (Å²) in [5.41, 5.74) is 0. The quantitative estimate of drug-likeness (QED) is 0.301. The van der Waals surface area contributed by atoms with Crippen LogP contribution in [-0.4, -0.2) is 64.4 Å². The molecule has 0 radical (unpaired) electrons. The molecule has 12 aliphatic rings. The number of piperidine rings is 1. The summed E-state index contributed by atoms with van der Waals surface area (Å²) in [4.78, 5) is 6.65. The van der Waals surface area contributed by atoms with Gasteiger partial charge in [0.15, 0.2) is 0 Å². The van der Waals surface area contributed by atoms with Gasteiger partial charge in [0.25, 0.3) is 0 Å². The first kappa shape index (κ1) is 38.5. The minimum absolute atomic E-state index is 0.613. The Hall–Kier alpha value is -0.160. The van der Waals surface area contributed by atoms with Crippen molar-refractivity contribution in [2.75, 3.05) is 0 Å². The first-order valence-electron chi connectivity index (χ1n) is 27.2. The van der Waals surface area contributed by atoms with E-state index in [4.69, 9.17) is 4.74 Å². The van der Waals surface area contributed by atoms with Crippen LogP contribution in [0.4, 0.5) is 0 Å². The number of nitrogens with zero attached hydrogens (tertiary/aromatic N) is 2. The van der Waals surface area contributed by atoms with E-state index < -0.39 is 0 Å². The van der Waals surface area contributed by atoms with Gasteiger partial charge in [0, 0.05) is 36.3 Å². The Bertz CT molecular complexity index is 1330. The highest BCUT2D eigenvalue weighted by molar-refractivity contribution is 5.11. The third-order valence-electron chi connectivity index (χ3n) is 21.9. The number of fused-ring (bicyclic) bond motifs is 9. The molecule has 320 valence electrons. The van der Waals surface area contributed by atoms with E-state index in [1.807, 2.05) is 0 Å². The van der Waals surface area contributed by atoms with Crippen LogP contribution in [0.15, 0.2) is 0 Å². The highest BCUT2D eigenvalue weighted by Gasteiger charge is 2.59. The predicted octanol–water partition coefficient (Wildman–Crippen LogP) is 12.3. The molecule has 8 aliphatic carbocycles. The fraction of sp³-hybridized carbons (Fsp3) is 1.00. The Kier molecular flexibility index (Phi) is 11.2. The lowest BCUT2D eigenvalue weighted by atomic mass is 9.62. The van der Waals surface area contributed by atoms with Crippen LogP contribution < -0.4 is 5.32 Å². The molecule has 1 N–H and O–H groups in total. The molecule has 4 nitrogen and oxygen atoms in total. The molecule has 0 aromatic heterocycles. The Morgan fingerprint density at radius 1 is 0.316 bits per heavy atom. The van der Waals surface area contributed by atoms with Crippen molar-refractivity contribution in [3.63, 3.8) is 0 Å². The molecule has 8 saturated carbocycles. The van der Waals surface area contributed by atoms with Crippen molar-refractivity contribution in [2.24, 2.45) is 65.1 Å². The van der Waals surface area contributed by atoms with Crippen LogP contribution in [0.25, 0.3) is 0 Å². The average Bonchev–Trinajstić information content (AvgIpc) is 3.94. The van der Waals surface area contributed by atoms with Crippen LogP contribution >= 0.6 is 0 Å². The zero-order valence-electron chi connectivity index (χ0n) is 36.7.